The minimum atomic E-state index is -0.332. The Bertz CT molecular complexity index is 491. The number of nitrogens with two attached hydrogens (primary N) is 1. The summed E-state index contributed by atoms with van der Waals surface area (Å²) in [5.74, 6) is -0.417. The number of rotatable bonds is 6. The molecule has 0 spiro atoms. The third kappa shape index (κ3) is 5.09. The second-order valence-corrected chi connectivity index (χ2v) is 5.05. The molecule has 0 saturated heterocycles. The Labute approximate surface area is 123 Å². The van der Waals surface area contributed by atoms with E-state index >= 15 is 0 Å². The van der Waals surface area contributed by atoms with Crippen LogP contribution >= 0.6 is 11.6 Å². The summed E-state index contributed by atoms with van der Waals surface area (Å²) in [4.78, 5) is 23.4. The molecule has 1 aromatic carbocycles. The Morgan fingerprint density at radius 2 is 2.10 bits per heavy atom. The van der Waals surface area contributed by atoms with Gasteiger partial charge >= 0.3 is 0 Å². The number of hydrogen-bond acceptors (Lipinski definition) is 3. The number of carbonyl (C=O) groups excluding carboxylic acids is 2. The van der Waals surface area contributed by atoms with E-state index in [1.165, 1.54) is 6.07 Å². The van der Waals surface area contributed by atoms with Crippen molar-refractivity contribution < 1.29 is 9.59 Å². The molecule has 6 heteroatoms. The summed E-state index contributed by atoms with van der Waals surface area (Å²) in [5, 5.41) is 5.92. The summed E-state index contributed by atoms with van der Waals surface area (Å²) < 4.78 is 0. The van der Waals surface area contributed by atoms with Crippen molar-refractivity contribution in [3.8, 4) is 0 Å². The summed E-state index contributed by atoms with van der Waals surface area (Å²) in [6.07, 6.45) is 1.10. The lowest BCUT2D eigenvalue weighted by molar-refractivity contribution is -0.121. The van der Waals surface area contributed by atoms with Crippen molar-refractivity contribution in [3.63, 3.8) is 0 Å². The first-order valence-corrected chi connectivity index (χ1v) is 6.94. The van der Waals surface area contributed by atoms with Gasteiger partial charge in [0.1, 0.15) is 0 Å². The summed E-state index contributed by atoms with van der Waals surface area (Å²) in [6, 6.07) is 4.84. The maximum Gasteiger partial charge on any atom is 0.253 e. The van der Waals surface area contributed by atoms with Crippen molar-refractivity contribution in [3.05, 3.63) is 28.8 Å². The summed E-state index contributed by atoms with van der Waals surface area (Å²) >= 11 is 5.82. The van der Waals surface area contributed by atoms with E-state index in [1.54, 1.807) is 12.1 Å². The molecule has 0 aliphatic rings. The number of halogens is 1. The highest BCUT2D eigenvalue weighted by molar-refractivity contribution is 6.31. The molecule has 0 aliphatic heterocycles. The number of benzene rings is 1. The lowest BCUT2D eigenvalue weighted by Crippen LogP contribution is -2.35. The van der Waals surface area contributed by atoms with Crippen LogP contribution in [-0.4, -0.2) is 24.4 Å². The smallest absolute Gasteiger partial charge is 0.253 e. The molecule has 0 fully saturated rings. The third-order valence-electron chi connectivity index (χ3n) is 2.92. The predicted octanol–water partition coefficient (Wildman–Crippen LogP) is 1.96. The third-order valence-corrected chi connectivity index (χ3v) is 3.15. The van der Waals surface area contributed by atoms with Crippen LogP contribution in [0, 0.1) is 0 Å². The molecule has 110 valence electrons. The first-order valence-electron chi connectivity index (χ1n) is 6.56. The van der Waals surface area contributed by atoms with Gasteiger partial charge in [0.05, 0.1) is 5.56 Å². The molecule has 0 radical (unpaired) electrons. The number of nitrogen functional groups attached to an aromatic ring is 1. The topological polar surface area (TPSA) is 84.2 Å². The number of amides is 2. The van der Waals surface area contributed by atoms with E-state index in [9.17, 15) is 9.59 Å². The Balaban J connectivity index is 2.44. The van der Waals surface area contributed by atoms with Gasteiger partial charge in [0, 0.05) is 29.7 Å². The first-order chi connectivity index (χ1) is 9.43. The monoisotopic (exact) mass is 297 g/mol. The van der Waals surface area contributed by atoms with Crippen LogP contribution in [0.1, 0.15) is 37.0 Å². The van der Waals surface area contributed by atoms with Gasteiger partial charge in [-0.3, -0.25) is 9.59 Å². The Morgan fingerprint density at radius 3 is 2.75 bits per heavy atom. The minimum absolute atomic E-state index is 0.0845. The van der Waals surface area contributed by atoms with Crippen molar-refractivity contribution in [1.82, 2.24) is 10.6 Å². The average molecular weight is 298 g/mol. The molecule has 2 amide bonds. The Morgan fingerprint density at radius 1 is 1.40 bits per heavy atom. The van der Waals surface area contributed by atoms with Gasteiger partial charge in [0.25, 0.3) is 5.91 Å². The molecule has 0 aliphatic carbocycles. The number of anilines is 1. The standard InChI is InChI=1S/C14H20ClN3O2/c1-3-9(2)18-13(19)6-7-17-14(20)11-8-10(15)4-5-12(11)16/h4-5,8-9H,3,6-7,16H2,1-2H3,(H,17,20)(H,18,19). The normalized spacial score (nSPS) is 11.8. The highest BCUT2D eigenvalue weighted by atomic mass is 35.5. The lowest BCUT2D eigenvalue weighted by Gasteiger charge is -2.12. The molecule has 5 nitrogen and oxygen atoms in total. The summed E-state index contributed by atoms with van der Waals surface area (Å²) in [6.45, 7) is 4.19. The van der Waals surface area contributed by atoms with Crippen molar-refractivity contribution >= 4 is 29.1 Å². The number of hydrogen-bond donors (Lipinski definition) is 3. The fraction of sp³-hybridized carbons (Fsp3) is 0.429. The highest BCUT2D eigenvalue weighted by Crippen LogP contribution is 2.17. The van der Waals surface area contributed by atoms with Crippen molar-refractivity contribution in [2.24, 2.45) is 0 Å². The zero-order chi connectivity index (χ0) is 15.1. The zero-order valence-corrected chi connectivity index (χ0v) is 12.5. The van der Waals surface area contributed by atoms with Crippen LogP contribution in [0.5, 0.6) is 0 Å². The van der Waals surface area contributed by atoms with Gasteiger partial charge < -0.3 is 16.4 Å². The fourth-order valence-electron chi connectivity index (χ4n) is 1.56. The first kappa shape index (κ1) is 16.3. The van der Waals surface area contributed by atoms with Crippen molar-refractivity contribution in [1.29, 1.82) is 0 Å². The van der Waals surface area contributed by atoms with Crippen LogP contribution < -0.4 is 16.4 Å². The van der Waals surface area contributed by atoms with Gasteiger partial charge in [0.15, 0.2) is 0 Å². The molecular formula is C14H20ClN3O2. The predicted molar refractivity (Wildman–Crippen MR) is 80.7 cm³/mol. The van der Waals surface area contributed by atoms with Crippen LogP contribution in [0.2, 0.25) is 5.02 Å². The van der Waals surface area contributed by atoms with Crippen LogP contribution in [0.25, 0.3) is 0 Å². The maximum absolute atomic E-state index is 11.9. The van der Waals surface area contributed by atoms with Gasteiger partial charge in [-0.05, 0) is 31.5 Å². The van der Waals surface area contributed by atoms with E-state index in [1.807, 2.05) is 13.8 Å². The van der Waals surface area contributed by atoms with E-state index in [4.69, 9.17) is 17.3 Å². The van der Waals surface area contributed by atoms with E-state index in [-0.39, 0.29) is 30.8 Å². The summed E-state index contributed by atoms with van der Waals surface area (Å²) in [5.41, 5.74) is 6.38. The molecule has 1 aromatic rings. The van der Waals surface area contributed by atoms with Crippen molar-refractivity contribution in [2.75, 3.05) is 12.3 Å². The molecule has 1 unspecified atom stereocenters. The molecular weight excluding hydrogens is 278 g/mol. The highest BCUT2D eigenvalue weighted by Gasteiger charge is 2.11. The second-order valence-electron chi connectivity index (χ2n) is 4.61. The fourth-order valence-corrected chi connectivity index (χ4v) is 1.73. The van der Waals surface area contributed by atoms with E-state index in [0.29, 0.717) is 16.3 Å². The zero-order valence-electron chi connectivity index (χ0n) is 11.7. The quantitative estimate of drug-likeness (QED) is 0.702. The molecule has 0 aromatic heterocycles. The number of nitrogens with one attached hydrogen (secondary N) is 2. The van der Waals surface area contributed by atoms with Crippen LogP contribution in [0.15, 0.2) is 18.2 Å². The molecule has 4 N–H and O–H groups in total. The van der Waals surface area contributed by atoms with Gasteiger partial charge in [-0.15, -0.1) is 0 Å². The van der Waals surface area contributed by atoms with Crippen LogP contribution in [0.4, 0.5) is 5.69 Å². The van der Waals surface area contributed by atoms with E-state index in [0.717, 1.165) is 6.42 Å². The average Bonchev–Trinajstić information content (AvgIpc) is 2.41. The largest absolute Gasteiger partial charge is 0.398 e. The Hall–Kier alpha value is -1.75. The van der Waals surface area contributed by atoms with Gasteiger partial charge in [-0.2, -0.15) is 0 Å². The molecule has 0 heterocycles. The maximum atomic E-state index is 11.9. The van der Waals surface area contributed by atoms with Gasteiger partial charge in [0.2, 0.25) is 5.91 Å². The van der Waals surface area contributed by atoms with E-state index in [2.05, 4.69) is 10.6 Å². The molecule has 0 bridgehead atoms. The van der Waals surface area contributed by atoms with Crippen LogP contribution in [-0.2, 0) is 4.79 Å². The van der Waals surface area contributed by atoms with Crippen molar-refractivity contribution in [2.45, 2.75) is 32.7 Å². The van der Waals surface area contributed by atoms with Gasteiger partial charge in [-0.1, -0.05) is 18.5 Å². The molecule has 0 saturated carbocycles. The minimum Gasteiger partial charge on any atom is -0.398 e. The molecule has 20 heavy (non-hydrogen) atoms. The SMILES string of the molecule is CCC(C)NC(=O)CCNC(=O)c1cc(Cl)ccc1N. The number of carbonyl (C=O) groups is 2. The Kier molecular flexibility index (Phi) is 6.31. The van der Waals surface area contributed by atoms with Crippen LogP contribution in [0.3, 0.4) is 0 Å². The summed E-state index contributed by atoms with van der Waals surface area (Å²) in [7, 11) is 0. The molecule has 1 atom stereocenters. The molecule has 1 rings (SSSR count). The van der Waals surface area contributed by atoms with Gasteiger partial charge in [-0.25, -0.2) is 0 Å². The van der Waals surface area contributed by atoms with E-state index < -0.39 is 0 Å². The second kappa shape index (κ2) is 7.75. The lowest BCUT2D eigenvalue weighted by atomic mass is 10.1.